The lowest BCUT2D eigenvalue weighted by atomic mass is 10.2. The van der Waals surface area contributed by atoms with Crippen LogP contribution in [0.4, 0.5) is 17.1 Å². The smallest absolute Gasteiger partial charge is 0.271 e. The van der Waals surface area contributed by atoms with Gasteiger partial charge in [-0.15, -0.1) is 0 Å². The van der Waals surface area contributed by atoms with Gasteiger partial charge in [-0.3, -0.25) is 10.1 Å². The lowest BCUT2D eigenvalue weighted by Gasteiger charge is -2.19. The van der Waals surface area contributed by atoms with E-state index in [9.17, 15) is 10.1 Å². The number of hydrogen-bond donors (Lipinski definition) is 0. The first-order chi connectivity index (χ1) is 15.0. The number of nitrogens with zero attached hydrogens (tertiary/aromatic N) is 4. The van der Waals surface area contributed by atoms with Gasteiger partial charge in [0.05, 0.1) is 28.2 Å². The molecule has 0 unspecified atom stereocenters. The van der Waals surface area contributed by atoms with Crippen LogP contribution in [-0.2, 0) is 0 Å². The molecule has 0 aliphatic heterocycles. The van der Waals surface area contributed by atoms with E-state index in [0.717, 1.165) is 34.0 Å². The Morgan fingerprint density at radius 2 is 1.48 bits per heavy atom. The third-order valence-electron chi connectivity index (χ3n) is 5.08. The maximum absolute atomic E-state index is 11.2. The van der Waals surface area contributed by atoms with E-state index < -0.39 is 0 Å². The number of nitro groups is 1. The molecule has 0 fully saturated rings. The zero-order chi connectivity index (χ0) is 21.8. The van der Waals surface area contributed by atoms with E-state index in [1.54, 1.807) is 12.1 Å². The summed E-state index contributed by atoms with van der Waals surface area (Å²) in [5.74, 6) is 0. The minimum atomic E-state index is -0.377. The number of benzene rings is 3. The molecule has 4 rings (SSSR count). The molecular weight excluding hydrogens is 388 g/mol. The fourth-order valence-electron chi connectivity index (χ4n) is 3.60. The summed E-state index contributed by atoms with van der Waals surface area (Å²) in [4.78, 5) is 10.8. The van der Waals surface area contributed by atoms with Crippen LogP contribution in [0.3, 0.4) is 0 Å². The lowest BCUT2D eigenvalue weighted by molar-refractivity contribution is -0.384. The Bertz CT molecular complexity index is 1190. The second-order valence-electron chi connectivity index (χ2n) is 7.17. The average Bonchev–Trinajstić information content (AvgIpc) is 3.08. The molecule has 0 saturated heterocycles. The van der Waals surface area contributed by atoms with Crippen molar-refractivity contribution in [3.05, 3.63) is 118 Å². The molecule has 0 spiro atoms. The van der Waals surface area contributed by atoms with Crippen molar-refractivity contribution in [1.29, 1.82) is 0 Å². The van der Waals surface area contributed by atoms with Gasteiger partial charge in [0.2, 0.25) is 0 Å². The summed E-state index contributed by atoms with van der Waals surface area (Å²) in [5, 5.41) is 17.8. The van der Waals surface area contributed by atoms with Crippen molar-refractivity contribution >= 4 is 23.3 Å². The Morgan fingerprint density at radius 1 is 0.871 bits per heavy atom. The maximum atomic E-state index is 11.2. The number of hydrogen-bond acceptors (Lipinski definition) is 4. The normalized spacial score (nSPS) is 11.0. The van der Waals surface area contributed by atoms with Crippen molar-refractivity contribution in [2.24, 2.45) is 5.10 Å². The van der Waals surface area contributed by atoms with E-state index in [-0.39, 0.29) is 10.6 Å². The Labute approximate surface area is 180 Å². The molecule has 31 heavy (non-hydrogen) atoms. The highest BCUT2D eigenvalue weighted by Gasteiger charge is 2.13. The van der Waals surface area contributed by atoms with E-state index in [1.807, 2.05) is 102 Å². The number of hydrazone groups is 1. The van der Waals surface area contributed by atoms with Gasteiger partial charge in [-0.1, -0.05) is 42.5 Å². The molecule has 1 heterocycles. The molecular formula is C25H22N4O2. The molecule has 3 aromatic carbocycles. The molecule has 6 heteroatoms. The summed E-state index contributed by atoms with van der Waals surface area (Å²) >= 11 is 0. The molecule has 4 aromatic rings. The summed E-state index contributed by atoms with van der Waals surface area (Å²) in [6.45, 7) is 3.97. The molecule has 0 saturated carbocycles. The fourth-order valence-corrected chi connectivity index (χ4v) is 3.60. The highest BCUT2D eigenvalue weighted by atomic mass is 16.6. The van der Waals surface area contributed by atoms with Crippen LogP contribution < -0.4 is 5.01 Å². The highest BCUT2D eigenvalue weighted by molar-refractivity contribution is 5.84. The number of non-ortho nitro benzene ring substituents is 1. The van der Waals surface area contributed by atoms with Crippen molar-refractivity contribution in [2.75, 3.05) is 5.01 Å². The molecule has 0 N–H and O–H groups in total. The first-order valence-corrected chi connectivity index (χ1v) is 9.92. The Hall–Kier alpha value is -4.19. The van der Waals surface area contributed by atoms with Gasteiger partial charge in [0.15, 0.2) is 0 Å². The van der Waals surface area contributed by atoms with Crippen molar-refractivity contribution in [3.63, 3.8) is 0 Å². The first-order valence-electron chi connectivity index (χ1n) is 9.92. The number of anilines is 2. The van der Waals surface area contributed by atoms with Crippen LogP contribution in [0.5, 0.6) is 0 Å². The van der Waals surface area contributed by atoms with Crippen molar-refractivity contribution in [2.45, 2.75) is 13.8 Å². The van der Waals surface area contributed by atoms with Crippen LogP contribution in [-0.4, -0.2) is 15.7 Å². The summed E-state index contributed by atoms with van der Waals surface area (Å²) < 4.78 is 2.00. The lowest BCUT2D eigenvalue weighted by Crippen LogP contribution is -2.09. The van der Waals surface area contributed by atoms with Gasteiger partial charge >= 0.3 is 0 Å². The zero-order valence-corrected chi connectivity index (χ0v) is 17.3. The number of rotatable bonds is 6. The van der Waals surface area contributed by atoms with Crippen LogP contribution in [0.25, 0.3) is 5.69 Å². The van der Waals surface area contributed by atoms with Gasteiger partial charge in [-0.05, 0) is 50.2 Å². The summed E-state index contributed by atoms with van der Waals surface area (Å²) in [6.07, 6.45) is 1.83. The van der Waals surface area contributed by atoms with Gasteiger partial charge in [0, 0.05) is 29.1 Å². The molecule has 0 radical (unpaired) electrons. The molecule has 0 amide bonds. The van der Waals surface area contributed by atoms with Gasteiger partial charge in [0.1, 0.15) is 0 Å². The second kappa shape index (κ2) is 8.67. The molecule has 1 aromatic heterocycles. The molecule has 154 valence electrons. The van der Waals surface area contributed by atoms with E-state index in [4.69, 9.17) is 5.10 Å². The largest absolute Gasteiger partial charge is 0.318 e. The van der Waals surface area contributed by atoms with Crippen LogP contribution in [0.2, 0.25) is 0 Å². The van der Waals surface area contributed by atoms with Crippen LogP contribution in [0.1, 0.15) is 17.0 Å². The fraction of sp³-hybridized carbons (Fsp3) is 0.0800. The van der Waals surface area contributed by atoms with E-state index in [1.165, 1.54) is 6.07 Å². The molecule has 0 bridgehead atoms. The standard InChI is InChI=1S/C25H22N4O2/c1-19-16-21(20(2)27(19)24-14-9-15-25(17-24)29(30)31)18-26-28(22-10-5-3-6-11-22)23-12-7-4-8-13-23/h3-18H,1-2H3/b26-18-. The Kier molecular flexibility index (Phi) is 5.62. The van der Waals surface area contributed by atoms with Crippen LogP contribution >= 0.6 is 0 Å². The van der Waals surface area contributed by atoms with E-state index >= 15 is 0 Å². The topological polar surface area (TPSA) is 63.7 Å². The van der Waals surface area contributed by atoms with Crippen molar-refractivity contribution in [1.82, 2.24) is 4.57 Å². The third-order valence-corrected chi connectivity index (χ3v) is 5.08. The second-order valence-corrected chi connectivity index (χ2v) is 7.17. The van der Waals surface area contributed by atoms with Crippen molar-refractivity contribution < 1.29 is 4.92 Å². The number of aryl methyl sites for hydroxylation is 1. The van der Waals surface area contributed by atoms with E-state index in [2.05, 4.69) is 0 Å². The predicted octanol–water partition coefficient (Wildman–Crippen LogP) is 6.17. The van der Waals surface area contributed by atoms with Gasteiger partial charge in [-0.25, -0.2) is 5.01 Å². The molecule has 6 nitrogen and oxygen atoms in total. The van der Waals surface area contributed by atoms with Gasteiger partial charge < -0.3 is 4.57 Å². The molecule has 0 aliphatic rings. The summed E-state index contributed by atoms with van der Waals surface area (Å²) in [5.41, 5.74) is 5.62. The maximum Gasteiger partial charge on any atom is 0.271 e. The Morgan fingerprint density at radius 3 is 2.06 bits per heavy atom. The molecule has 0 aliphatic carbocycles. The minimum absolute atomic E-state index is 0.0690. The Balaban J connectivity index is 1.73. The van der Waals surface area contributed by atoms with E-state index in [0.29, 0.717) is 0 Å². The summed E-state index contributed by atoms with van der Waals surface area (Å²) in [6, 6.07) is 28.6. The number of aromatic nitrogens is 1. The van der Waals surface area contributed by atoms with Gasteiger partial charge in [0.25, 0.3) is 5.69 Å². The minimum Gasteiger partial charge on any atom is -0.318 e. The van der Waals surface area contributed by atoms with Crippen LogP contribution in [0.15, 0.2) is 96.1 Å². The number of para-hydroxylation sites is 2. The monoisotopic (exact) mass is 410 g/mol. The predicted molar refractivity (Wildman–Crippen MR) is 125 cm³/mol. The third kappa shape index (κ3) is 4.23. The quantitative estimate of drug-likeness (QED) is 0.217. The molecule has 0 atom stereocenters. The average molecular weight is 410 g/mol. The SMILES string of the molecule is Cc1cc(/C=N\N(c2ccccc2)c2ccccc2)c(C)n1-c1cccc([N+](=O)[O-])c1. The van der Waals surface area contributed by atoms with Crippen LogP contribution in [0, 0.1) is 24.0 Å². The van der Waals surface area contributed by atoms with Gasteiger partial charge in [-0.2, -0.15) is 5.10 Å². The number of nitro benzene ring substituents is 1. The highest BCUT2D eigenvalue weighted by Crippen LogP contribution is 2.26. The zero-order valence-electron chi connectivity index (χ0n) is 17.3. The van der Waals surface area contributed by atoms with Crippen molar-refractivity contribution in [3.8, 4) is 5.69 Å². The summed E-state index contributed by atoms with van der Waals surface area (Å²) in [7, 11) is 0. The first kappa shape index (κ1) is 20.1.